The maximum absolute atomic E-state index is 12.5. The van der Waals surface area contributed by atoms with E-state index in [2.05, 4.69) is 20.8 Å². The van der Waals surface area contributed by atoms with Gasteiger partial charge in [-0.15, -0.1) is 0 Å². The molecule has 8 heteroatoms. The van der Waals surface area contributed by atoms with Crippen molar-refractivity contribution >= 4 is 17.9 Å². The van der Waals surface area contributed by atoms with Crippen molar-refractivity contribution in [1.82, 2.24) is 0 Å². The van der Waals surface area contributed by atoms with Crippen LogP contribution in [0.2, 0.25) is 0 Å². The molecule has 0 aliphatic heterocycles. The zero-order valence-corrected chi connectivity index (χ0v) is 24.9. The summed E-state index contributed by atoms with van der Waals surface area (Å²) in [5, 5.41) is 0. The average molecular weight is 550 g/mol. The molecular formula is C31H51NO7. The van der Waals surface area contributed by atoms with Crippen LogP contribution in [0, 0.1) is 46.3 Å². The van der Waals surface area contributed by atoms with Crippen LogP contribution < -0.4 is 5.73 Å². The van der Waals surface area contributed by atoms with Crippen LogP contribution in [-0.4, -0.2) is 56.5 Å². The van der Waals surface area contributed by atoms with Gasteiger partial charge in [0, 0.05) is 38.1 Å². The summed E-state index contributed by atoms with van der Waals surface area (Å²) in [4.78, 5) is 36.8. The molecule has 11 atom stereocenters. The minimum absolute atomic E-state index is 0.0677. The van der Waals surface area contributed by atoms with Crippen molar-refractivity contribution in [3.63, 3.8) is 0 Å². The van der Waals surface area contributed by atoms with Crippen molar-refractivity contribution in [2.45, 2.75) is 111 Å². The number of methoxy groups -OCH3 is 1. The second-order valence-electron chi connectivity index (χ2n) is 13.4. The van der Waals surface area contributed by atoms with E-state index in [0.717, 1.165) is 51.4 Å². The molecule has 4 rings (SSSR count). The highest BCUT2D eigenvalue weighted by atomic mass is 16.5. The Morgan fingerprint density at radius 2 is 1.69 bits per heavy atom. The van der Waals surface area contributed by atoms with Crippen LogP contribution in [0.4, 0.5) is 0 Å². The van der Waals surface area contributed by atoms with Crippen LogP contribution in [-0.2, 0) is 33.3 Å². The van der Waals surface area contributed by atoms with E-state index >= 15 is 0 Å². The average Bonchev–Trinajstić information content (AvgIpc) is 3.24. The van der Waals surface area contributed by atoms with Gasteiger partial charge in [-0.1, -0.05) is 20.8 Å². The number of nitrogens with two attached hydrogens (primary N) is 1. The van der Waals surface area contributed by atoms with Crippen LogP contribution in [0.15, 0.2) is 0 Å². The topological polar surface area (TPSA) is 114 Å². The van der Waals surface area contributed by atoms with Gasteiger partial charge in [0.1, 0.15) is 12.2 Å². The van der Waals surface area contributed by atoms with E-state index in [0.29, 0.717) is 37.3 Å². The monoisotopic (exact) mass is 549 g/mol. The van der Waals surface area contributed by atoms with Crippen LogP contribution in [0.25, 0.3) is 0 Å². The fourth-order valence-corrected chi connectivity index (χ4v) is 9.81. The Bertz CT molecular complexity index is 909. The summed E-state index contributed by atoms with van der Waals surface area (Å²) in [7, 11) is 1.43. The molecule has 4 aliphatic carbocycles. The summed E-state index contributed by atoms with van der Waals surface area (Å²) >= 11 is 0. The van der Waals surface area contributed by atoms with Crippen LogP contribution in [0.1, 0.15) is 92.4 Å². The lowest BCUT2D eigenvalue weighted by Gasteiger charge is -2.64. The fourth-order valence-electron chi connectivity index (χ4n) is 9.81. The van der Waals surface area contributed by atoms with Crippen LogP contribution in [0.5, 0.6) is 0 Å². The predicted octanol–water partition coefficient (Wildman–Crippen LogP) is 4.66. The van der Waals surface area contributed by atoms with Gasteiger partial charge in [0.2, 0.25) is 0 Å². The van der Waals surface area contributed by atoms with E-state index in [-0.39, 0.29) is 64.8 Å². The molecule has 0 spiro atoms. The number of carbonyl (C=O) groups is 3. The number of rotatable bonds is 9. The third kappa shape index (κ3) is 5.74. The second kappa shape index (κ2) is 12.1. The molecule has 0 radical (unpaired) electrons. The Hall–Kier alpha value is -1.67. The molecule has 2 N–H and O–H groups in total. The van der Waals surface area contributed by atoms with Gasteiger partial charge in [0.25, 0.3) is 0 Å². The number of carbonyl (C=O) groups excluding carboxylic acids is 3. The van der Waals surface area contributed by atoms with E-state index in [4.69, 9.17) is 24.7 Å². The molecule has 0 heterocycles. The molecule has 0 aromatic heterocycles. The Kier molecular flexibility index (Phi) is 9.36. The molecule has 0 aromatic carbocycles. The summed E-state index contributed by atoms with van der Waals surface area (Å²) < 4.78 is 23.4. The summed E-state index contributed by atoms with van der Waals surface area (Å²) in [5.41, 5.74) is 5.53. The van der Waals surface area contributed by atoms with Crippen molar-refractivity contribution in [3.8, 4) is 0 Å². The normalized spacial score (nSPS) is 41.9. The lowest BCUT2D eigenvalue weighted by atomic mass is 9.43. The van der Waals surface area contributed by atoms with Crippen molar-refractivity contribution in [2.24, 2.45) is 52.1 Å². The largest absolute Gasteiger partial charge is 0.469 e. The van der Waals surface area contributed by atoms with Gasteiger partial charge in [-0.2, -0.15) is 0 Å². The van der Waals surface area contributed by atoms with Gasteiger partial charge >= 0.3 is 17.9 Å². The summed E-state index contributed by atoms with van der Waals surface area (Å²) in [6.45, 7) is 11.1. The first-order chi connectivity index (χ1) is 18.4. The van der Waals surface area contributed by atoms with Crippen molar-refractivity contribution in [2.75, 3.05) is 20.3 Å². The molecule has 222 valence electrons. The number of hydrogen-bond donors (Lipinski definition) is 1. The minimum atomic E-state index is -0.245. The first kappa shape index (κ1) is 30.3. The lowest BCUT2D eigenvalue weighted by Crippen LogP contribution is -2.63. The van der Waals surface area contributed by atoms with Gasteiger partial charge < -0.3 is 24.7 Å². The number of fused-ring (bicyclic) bond motifs is 5. The van der Waals surface area contributed by atoms with Gasteiger partial charge in [-0.25, -0.2) is 0 Å². The Labute approximate surface area is 234 Å². The van der Waals surface area contributed by atoms with Crippen molar-refractivity contribution < 1.29 is 33.3 Å². The highest BCUT2D eigenvalue weighted by molar-refractivity contribution is 5.69. The third-order valence-corrected chi connectivity index (χ3v) is 11.6. The predicted molar refractivity (Wildman–Crippen MR) is 146 cm³/mol. The summed E-state index contributed by atoms with van der Waals surface area (Å²) in [5.74, 6) is 1.11. The van der Waals surface area contributed by atoms with Crippen LogP contribution >= 0.6 is 0 Å². The quantitative estimate of drug-likeness (QED) is 0.326. The zero-order valence-electron chi connectivity index (χ0n) is 24.9. The highest BCUT2D eigenvalue weighted by Crippen LogP contribution is 2.69. The van der Waals surface area contributed by atoms with Crippen molar-refractivity contribution in [1.29, 1.82) is 0 Å². The number of ether oxygens (including phenoxy) is 4. The van der Waals surface area contributed by atoms with Gasteiger partial charge in [0.05, 0.1) is 19.8 Å². The van der Waals surface area contributed by atoms with Crippen molar-refractivity contribution in [3.05, 3.63) is 0 Å². The van der Waals surface area contributed by atoms with Gasteiger partial charge in [-0.3, -0.25) is 14.4 Å². The SMILES string of the molecule is COC(=O)CC[C@@H](C)[C@H]1CC[C@H]2[C@@H]3[C@H](OC(C)=O)C[C@@H]4C[C@H](OCCN)CC[C@]4(C)[C@H]3C[C@H](OC(C)=O)[C@]12C. The highest BCUT2D eigenvalue weighted by Gasteiger charge is 2.67. The molecule has 0 aromatic rings. The van der Waals surface area contributed by atoms with Crippen LogP contribution in [0.3, 0.4) is 0 Å². The maximum atomic E-state index is 12.5. The summed E-state index contributed by atoms with van der Waals surface area (Å²) in [6, 6.07) is 0. The number of hydrogen-bond acceptors (Lipinski definition) is 8. The Balaban J connectivity index is 1.68. The molecular weight excluding hydrogens is 498 g/mol. The first-order valence-electron chi connectivity index (χ1n) is 15.2. The molecule has 39 heavy (non-hydrogen) atoms. The fraction of sp³-hybridized carbons (Fsp3) is 0.903. The lowest BCUT2D eigenvalue weighted by molar-refractivity contribution is -0.224. The van der Waals surface area contributed by atoms with Gasteiger partial charge in [-0.05, 0) is 86.4 Å². The first-order valence-corrected chi connectivity index (χ1v) is 15.2. The summed E-state index contributed by atoms with van der Waals surface area (Å²) in [6.07, 6.45) is 7.66. The molecule has 4 fully saturated rings. The smallest absolute Gasteiger partial charge is 0.305 e. The maximum Gasteiger partial charge on any atom is 0.305 e. The van der Waals surface area contributed by atoms with Gasteiger partial charge in [0.15, 0.2) is 0 Å². The van der Waals surface area contributed by atoms with E-state index in [9.17, 15) is 14.4 Å². The van der Waals surface area contributed by atoms with E-state index in [1.165, 1.54) is 21.0 Å². The molecule has 8 nitrogen and oxygen atoms in total. The van der Waals surface area contributed by atoms with E-state index in [1.54, 1.807) is 0 Å². The second-order valence-corrected chi connectivity index (χ2v) is 13.4. The molecule has 0 amide bonds. The molecule has 4 aliphatic rings. The Morgan fingerprint density at radius 1 is 0.974 bits per heavy atom. The van der Waals surface area contributed by atoms with E-state index < -0.39 is 0 Å². The standard InChI is InChI=1S/C31H51NO7/c1-18(7-10-28(35)36-6)23-8-9-24-29-25(17-27(31(23,24)5)39-20(3)34)30(4)12-11-22(37-14-13-32)15-21(30)16-26(29)38-19(2)33/h18,21-27,29H,7-17,32H2,1-6H3/t18-,21+,22-,23-,24+,25+,26-,27+,29+,30+,31-/m1/s1. The molecule has 4 saturated carbocycles. The number of esters is 3. The van der Waals surface area contributed by atoms with E-state index in [1.807, 2.05) is 0 Å². The molecule has 0 unspecified atom stereocenters. The molecule has 0 saturated heterocycles. The minimum Gasteiger partial charge on any atom is -0.469 e. The third-order valence-electron chi connectivity index (χ3n) is 11.6. The zero-order chi connectivity index (χ0) is 28.5. The molecule has 0 bridgehead atoms. The Morgan fingerprint density at radius 3 is 2.33 bits per heavy atom.